The second kappa shape index (κ2) is 8.10. The fourth-order valence-corrected chi connectivity index (χ4v) is 3.41. The maximum absolute atomic E-state index is 12.3. The predicted octanol–water partition coefficient (Wildman–Crippen LogP) is 2.43. The van der Waals surface area contributed by atoms with E-state index in [9.17, 15) is 19.2 Å². The Morgan fingerprint density at radius 3 is 2.30 bits per heavy atom. The van der Waals surface area contributed by atoms with Gasteiger partial charge in [0.05, 0.1) is 21.9 Å². The Morgan fingerprint density at radius 1 is 1.07 bits per heavy atom. The molecule has 1 N–H and O–H groups in total. The number of likely N-dealkylation sites (tertiary alicyclic amines) is 1. The van der Waals surface area contributed by atoms with E-state index in [1.807, 2.05) is 12.2 Å². The zero-order valence-electron chi connectivity index (χ0n) is 14.1. The number of allylic oxidation sites excluding steroid dienone is 2. The van der Waals surface area contributed by atoms with Crippen molar-refractivity contribution in [3.63, 3.8) is 0 Å². The van der Waals surface area contributed by atoms with E-state index in [0.717, 1.165) is 4.90 Å². The zero-order chi connectivity index (χ0) is 19.6. The molecule has 0 saturated carbocycles. The molecule has 1 aromatic rings. The number of fused-ring (bicyclic) bond motifs is 1. The summed E-state index contributed by atoms with van der Waals surface area (Å²) >= 11 is 11.6. The quantitative estimate of drug-likeness (QED) is 0.457. The molecule has 27 heavy (non-hydrogen) atoms. The molecule has 9 heteroatoms. The molecule has 7 nitrogen and oxygen atoms in total. The Kier molecular flexibility index (Phi) is 5.82. The third-order valence-corrected chi connectivity index (χ3v) is 5.19. The Morgan fingerprint density at radius 2 is 1.70 bits per heavy atom. The van der Waals surface area contributed by atoms with Gasteiger partial charge in [-0.05, 0) is 31.0 Å². The first-order chi connectivity index (χ1) is 12.9. The van der Waals surface area contributed by atoms with Gasteiger partial charge in [0.25, 0.3) is 5.91 Å². The van der Waals surface area contributed by atoms with Crippen LogP contribution in [0, 0.1) is 11.8 Å². The van der Waals surface area contributed by atoms with Gasteiger partial charge in [-0.1, -0.05) is 35.4 Å². The molecule has 1 fully saturated rings. The van der Waals surface area contributed by atoms with E-state index < -0.39 is 36.9 Å². The predicted molar refractivity (Wildman–Crippen MR) is 98.1 cm³/mol. The number of nitrogens with zero attached hydrogens (tertiary/aromatic N) is 1. The molecular weight excluding hydrogens is 395 g/mol. The standard InChI is InChI=1S/C18H16Cl2N2O5/c19-13-6-5-10(7-14(13)20)21-15(23)9-27-16(24)8-22-17(25)11-3-1-2-4-12(11)18(22)26/h1-2,5-7,11-12H,3-4,8-9H2,(H,21,23)/t11-,12+. The Labute approximate surface area is 165 Å². The van der Waals surface area contributed by atoms with E-state index in [1.54, 1.807) is 6.07 Å². The van der Waals surface area contributed by atoms with Crippen LogP contribution in [0.5, 0.6) is 0 Å². The lowest BCUT2D eigenvalue weighted by molar-refractivity contribution is -0.154. The van der Waals surface area contributed by atoms with Gasteiger partial charge in [0.15, 0.2) is 6.61 Å². The molecule has 2 aliphatic rings. The molecule has 3 rings (SSSR count). The van der Waals surface area contributed by atoms with Crippen molar-refractivity contribution in [2.24, 2.45) is 11.8 Å². The van der Waals surface area contributed by atoms with E-state index in [0.29, 0.717) is 23.6 Å². The van der Waals surface area contributed by atoms with Gasteiger partial charge in [0.2, 0.25) is 11.8 Å². The topological polar surface area (TPSA) is 92.8 Å². The normalized spacial score (nSPS) is 21.2. The van der Waals surface area contributed by atoms with Gasteiger partial charge in [-0.25, -0.2) is 0 Å². The van der Waals surface area contributed by atoms with Gasteiger partial charge < -0.3 is 10.1 Å². The molecule has 1 saturated heterocycles. The Hall–Kier alpha value is -2.38. The summed E-state index contributed by atoms with van der Waals surface area (Å²) in [6.07, 6.45) is 4.71. The largest absolute Gasteiger partial charge is 0.454 e. The summed E-state index contributed by atoms with van der Waals surface area (Å²) < 4.78 is 4.87. The molecule has 0 unspecified atom stereocenters. The number of nitrogens with one attached hydrogen (secondary N) is 1. The first-order valence-electron chi connectivity index (χ1n) is 8.27. The van der Waals surface area contributed by atoms with Gasteiger partial charge in [0.1, 0.15) is 6.54 Å². The lowest BCUT2D eigenvalue weighted by atomic mass is 9.85. The molecule has 1 aliphatic carbocycles. The van der Waals surface area contributed by atoms with Crippen LogP contribution in [0.25, 0.3) is 0 Å². The average Bonchev–Trinajstić information content (AvgIpc) is 2.88. The molecular formula is C18H16Cl2N2O5. The summed E-state index contributed by atoms with van der Waals surface area (Å²) in [4.78, 5) is 49.3. The van der Waals surface area contributed by atoms with Crippen molar-refractivity contribution in [2.45, 2.75) is 12.8 Å². The van der Waals surface area contributed by atoms with Gasteiger partial charge in [-0.15, -0.1) is 0 Å². The molecule has 2 atom stereocenters. The molecule has 0 radical (unpaired) electrons. The fourth-order valence-electron chi connectivity index (χ4n) is 3.12. The number of ether oxygens (including phenoxy) is 1. The van der Waals surface area contributed by atoms with Crippen LogP contribution in [-0.4, -0.2) is 41.7 Å². The maximum atomic E-state index is 12.3. The molecule has 0 spiro atoms. The molecule has 0 aromatic heterocycles. The monoisotopic (exact) mass is 410 g/mol. The Bertz CT molecular complexity index is 813. The average molecular weight is 411 g/mol. The van der Waals surface area contributed by atoms with Crippen molar-refractivity contribution in [3.05, 3.63) is 40.4 Å². The SMILES string of the molecule is O=C(COC(=O)CN1C(=O)[C@H]2CC=CC[C@H]2C1=O)Nc1ccc(Cl)c(Cl)c1. The number of esters is 1. The van der Waals surface area contributed by atoms with E-state index in [2.05, 4.69) is 5.32 Å². The summed E-state index contributed by atoms with van der Waals surface area (Å²) in [5.41, 5.74) is 0.395. The number of carbonyl (C=O) groups is 4. The van der Waals surface area contributed by atoms with Crippen LogP contribution < -0.4 is 5.32 Å². The molecule has 1 aliphatic heterocycles. The van der Waals surface area contributed by atoms with E-state index in [-0.39, 0.29) is 16.8 Å². The van der Waals surface area contributed by atoms with Crippen LogP contribution in [0.4, 0.5) is 5.69 Å². The number of hydrogen-bond acceptors (Lipinski definition) is 5. The smallest absolute Gasteiger partial charge is 0.326 e. The van der Waals surface area contributed by atoms with E-state index in [1.165, 1.54) is 12.1 Å². The van der Waals surface area contributed by atoms with Crippen LogP contribution in [-0.2, 0) is 23.9 Å². The number of hydrogen-bond donors (Lipinski definition) is 1. The first kappa shape index (κ1) is 19.4. The second-order valence-corrected chi connectivity index (χ2v) is 7.07. The highest BCUT2D eigenvalue weighted by atomic mass is 35.5. The summed E-state index contributed by atoms with van der Waals surface area (Å²) in [7, 11) is 0. The highest BCUT2D eigenvalue weighted by molar-refractivity contribution is 6.42. The van der Waals surface area contributed by atoms with Crippen LogP contribution in [0.3, 0.4) is 0 Å². The molecule has 3 amide bonds. The molecule has 0 bridgehead atoms. The van der Waals surface area contributed by atoms with Crippen molar-refractivity contribution < 1.29 is 23.9 Å². The molecule has 1 heterocycles. The lowest BCUT2D eigenvalue weighted by Gasteiger charge is -2.14. The zero-order valence-corrected chi connectivity index (χ0v) is 15.6. The number of carbonyl (C=O) groups excluding carboxylic acids is 4. The van der Waals surface area contributed by atoms with Crippen LogP contribution in [0.15, 0.2) is 30.4 Å². The maximum Gasteiger partial charge on any atom is 0.326 e. The minimum atomic E-state index is -0.826. The molecule has 1 aromatic carbocycles. The van der Waals surface area contributed by atoms with E-state index >= 15 is 0 Å². The number of halogens is 2. The van der Waals surface area contributed by atoms with E-state index in [4.69, 9.17) is 27.9 Å². The number of rotatable bonds is 5. The van der Waals surface area contributed by atoms with Gasteiger partial charge >= 0.3 is 5.97 Å². The van der Waals surface area contributed by atoms with Crippen LogP contribution in [0.2, 0.25) is 10.0 Å². The fraction of sp³-hybridized carbons (Fsp3) is 0.333. The molecule has 142 valence electrons. The summed E-state index contributed by atoms with van der Waals surface area (Å²) in [5.74, 6) is -2.97. The summed E-state index contributed by atoms with van der Waals surface area (Å²) in [5, 5.41) is 3.12. The van der Waals surface area contributed by atoms with Gasteiger partial charge in [-0.3, -0.25) is 24.1 Å². The minimum Gasteiger partial charge on any atom is -0.454 e. The number of imide groups is 1. The highest BCUT2D eigenvalue weighted by Crippen LogP contribution is 2.34. The van der Waals surface area contributed by atoms with Crippen molar-refractivity contribution >= 4 is 52.6 Å². The number of benzene rings is 1. The van der Waals surface area contributed by atoms with Gasteiger partial charge in [0, 0.05) is 5.69 Å². The number of amides is 3. The summed E-state index contributed by atoms with van der Waals surface area (Å²) in [6, 6.07) is 4.52. The first-order valence-corrected chi connectivity index (χ1v) is 9.03. The van der Waals surface area contributed by atoms with Crippen molar-refractivity contribution in [1.82, 2.24) is 4.90 Å². The third kappa shape index (κ3) is 4.31. The van der Waals surface area contributed by atoms with Crippen molar-refractivity contribution in [1.29, 1.82) is 0 Å². The second-order valence-electron chi connectivity index (χ2n) is 6.26. The highest BCUT2D eigenvalue weighted by Gasteiger charge is 2.47. The summed E-state index contributed by atoms with van der Waals surface area (Å²) in [6.45, 7) is -1.05. The lowest BCUT2D eigenvalue weighted by Crippen LogP contribution is -2.37. The minimum absolute atomic E-state index is 0.272. The number of anilines is 1. The van der Waals surface area contributed by atoms with Crippen molar-refractivity contribution in [2.75, 3.05) is 18.5 Å². The van der Waals surface area contributed by atoms with Crippen LogP contribution in [0.1, 0.15) is 12.8 Å². The third-order valence-electron chi connectivity index (χ3n) is 4.45. The van der Waals surface area contributed by atoms with Gasteiger partial charge in [-0.2, -0.15) is 0 Å². The van der Waals surface area contributed by atoms with Crippen molar-refractivity contribution in [3.8, 4) is 0 Å². The van der Waals surface area contributed by atoms with Crippen LogP contribution >= 0.6 is 23.2 Å². The Balaban J connectivity index is 1.49.